The van der Waals surface area contributed by atoms with Crippen molar-refractivity contribution in [2.45, 2.75) is 44.3 Å². The Hall–Kier alpha value is -1.36. The van der Waals surface area contributed by atoms with Gasteiger partial charge >= 0.3 is 0 Å². The molecule has 1 aliphatic rings. The summed E-state index contributed by atoms with van der Waals surface area (Å²) in [6.45, 7) is 11.0. The highest BCUT2D eigenvalue weighted by molar-refractivity contribution is 7.86. The average Bonchev–Trinajstić information content (AvgIpc) is 2.95. The van der Waals surface area contributed by atoms with Gasteiger partial charge in [0.2, 0.25) is 0 Å². The minimum Gasteiger partial charge on any atom is -0.355 e. The van der Waals surface area contributed by atoms with Gasteiger partial charge in [-0.3, -0.25) is 9.20 Å². The van der Waals surface area contributed by atoms with Gasteiger partial charge in [-0.25, -0.2) is 0 Å². The van der Waals surface area contributed by atoms with Crippen LogP contribution in [0.3, 0.4) is 0 Å². The SMILES string of the molecule is CN=C(NCCS(=O)C(C)(C)C)N1CCC(C)(c2ccccc2)C1. The predicted molar refractivity (Wildman–Crippen MR) is 104 cm³/mol. The monoisotopic (exact) mass is 349 g/mol. The smallest absolute Gasteiger partial charge is 0.193 e. The zero-order valence-corrected chi connectivity index (χ0v) is 16.4. The van der Waals surface area contributed by atoms with Crippen LogP contribution in [0.2, 0.25) is 0 Å². The zero-order chi connectivity index (χ0) is 17.8. The second kappa shape index (κ2) is 7.68. The van der Waals surface area contributed by atoms with Crippen molar-refractivity contribution in [3.63, 3.8) is 0 Å². The number of nitrogens with one attached hydrogen (secondary N) is 1. The van der Waals surface area contributed by atoms with Crippen LogP contribution in [0.5, 0.6) is 0 Å². The number of guanidine groups is 1. The fourth-order valence-corrected chi connectivity index (χ4v) is 4.01. The van der Waals surface area contributed by atoms with Crippen molar-refractivity contribution >= 4 is 16.8 Å². The van der Waals surface area contributed by atoms with E-state index in [-0.39, 0.29) is 10.2 Å². The molecule has 2 atom stereocenters. The highest BCUT2D eigenvalue weighted by Gasteiger charge is 2.36. The van der Waals surface area contributed by atoms with E-state index in [4.69, 9.17) is 0 Å². The van der Waals surface area contributed by atoms with Crippen LogP contribution in [0, 0.1) is 0 Å². The molecule has 0 spiro atoms. The Morgan fingerprint density at radius 3 is 2.58 bits per heavy atom. The second-order valence-electron chi connectivity index (χ2n) is 7.73. The van der Waals surface area contributed by atoms with Crippen LogP contribution in [-0.4, -0.2) is 52.3 Å². The molecule has 2 rings (SSSR count). The molecule has 0 saturated carbocycles. The molecule has 1 saturated heterocycles. The number of hydrogen-bond acceptors (Lipinski definition) is 2. The summed E-state index contributed by atoms with van der Waals surface area (Å²) in [6.07, 6.45) is 1.12. The van der Waals surface area contributed by atoms with E-state index in [9.17, 15) is 4.21 Å². The molecule has 134 valence electrons. The maximum absolute atomic E-state index is 12.2. The lowest BCUT2D eigenvalue weighted by Crippen LogP contribution is -2.43. The molecule has 4 nitrogen and oxygen atoms in total. The average molecular weight is 350 g/mol. The number of hydrogen-bond donors (Lipinski definition) is 1. The van der Waals surface area contributed by atoms with E-state index in [1.165, 1.54) is 5.56 Å². The van der Waals surface area contributed by atoms with E-state index < -0.39 is 10.8 Å². The lowest BCUT2D eigenvalue weighted by Gasteiger charge is -2.27. The highest BCUT2D eigenvalue weighted by Crippen LogP contribution is 2.33. The Labute approximate surface area is 149 Å². The predicted octanol–water partition coefficient (Wildman–Crippen LogP) is 2.77. The Balaban J connectivity index is 1.92. The van der Waals surface area contributed by atoms with Gasteiger partial charge in [0.1, 0.15) is 0 Å². The Morgan fingerprint density at radius 2 is 2.00 bits per heavy atom. The van der Waals surface area contributed by atoms with Gasteiger partial charge in [-0.15, -0.1) is 0 Å². The highest BCUT2D eigenvalue weighted by atomic mass is 32.2. The molecule has 1 aromatic carbocycles. The molecule has 2 unspecified atom stereocenters. The quantitative estimate of drug-likeness (QED) is 0.671. The van der Waals surface area contributed by atoms with Gasteiger partial charge in [0.15, 0.2) is 5.96 Å². The summed E-state index contributed by atoms with van der Waals surface area (Å²) in [4.78, 5) is 6.73. The van der Waals surface area contributed by atoms with E-state index in [0.717, 1.165) is 25.5 Å². The molecule has 0 bridgehead atoms. The minimum atomic E-state index is -0.838. The molecule has 1 fully saturated rings. The fraction of sp³-hybridized carbons (Fsp3) is 0.632. The first-order valence-electron chi connectivity index (χ1n) is 8.66. The van der Waals surface area contributed by atoms with Crippen LogP contribution in [0.15, 0.2) is 35.3 Å². The minimum absolute atomic E-state index is 0.160. The summed E-state index contributed by atoms with van der Waals surface area (Å²) < 4.78 is 12.0. The van der Waals surface area contributed by atoms with E-state index in [2.05, 4.69) is 52.5 Å². The van der Waals surface area contributed by atoms with Gasteiger partial charge in [-0.05, 0) is 32.8 Å². The van der Waals surface area contributed by atoms with Gasteiger partial charge < -0.3 is 10.2 Å². The molecule has 0 radical (unpaired) electrons. The van der Waals surface area contributed by atoms with E-state index in [0.29, 0.717) is 12.3 Å². The molecule has 1 aliphatic heterocycles. The van der Waals surface area contributed by atoms with Crippen molar-refractivity contribution in [1.29, 1.82) is 0 Å². The normalized spacial score (nSPS) is 23.4. The molecule has 1 aromatic rings. The molecule has 0 amide bonds. The first kappa shape index (κ1) is 19.0. The number of rotatable bonds is 4. The zero-order valence-electron chi connectivity index (χ0n) is 15.6. The third-order valence-electron chi connectivity index (χ3n) is 4.71. The summed E-state index contributed by atoms with van der Waals surface area (Å²) in [7, 11) is 0.982. The van der Waals surface area contributed by atoms with E-state index in [1.807, 2.05) is 27.8 Å². The van der Waals surface area contributed by atoms with Gasteiger partial charge in [0, 0.05) is 53.4 Å². The van der Waals surface area contributed by atoms with E-state index >= 15 is 0 Å². The van der Waals surface area contributed by atoms with Gasteiger partial charge in [-0.1, -0.05) is 37.3 Å². The van der Waals surface area contributed by atoms with Crippen molar-refractivity contribution < 1.29 is 4.21 Å². The molecule has 5 heteroatoms. The van der Waals surface area contributed by atoms with Crippen LogP contribution in [0.1, 0.15) is 39.7 Å². The molecule has 1 N–H and O–H groups in total. The van der Waals surface area contributed by atoms with Crippen LogP contribution >= 0.6 is 0 Å². The maximum atomic E-state index is 12.2. The summed E-state index contributed by atoms with van der Waals surface area (Å²) >= 11 is 0. The van der Waals surface area contributed by atoms with Crippen LogP contribution < -0.4 is 5.32 Å². The lowest BCUT2D eigenvalue weighted by molar-refractivity contribution is 0.440. The Kier molecular flexibility index (Phi) is 6.07. The number of nitrogens with zero attached hydrogens (tertiary/aromatic N) is 2. The summed E-state index contributed by atoms with van der Waals surface area (Å²) in [6, 6.07) is 10.7. The molecule has 0 aromatic heterocycles. The number of aliphatic imine (C=N–C) groups is 1. The summed E-state index contributed by atoms with van der Waals surface area (Å²) in [5.74, 6) is 1.56. The number of likely N-dealkylation sites (tertiary alicyclic amines) is 1. The largest absolute Gasteiger partial charge is 0.355 e. The molecule has 24 heavy (non-hydrogen) atoms. The van der Waals surface area contributed by atoms with Crippen molar-refractivity contribution in [3.05, 3.63) is 35.9 Å². The first-order chi connectivity index (χ1) is 11.3. The number of benzene rings is 1. The summed E-state index contributed by atoms with van der Waals surface area (Å²) in [5.41, 5.74) is 1.55. The van der Waals surface area contributed by atoms with Crippen molar-refractivity contribution in [1.82, 2.24) is 10.2 Å². The maximum Gasteiger partial charge on any atom is 0.193 e. The Morgan fingerprint density at radius 1 is 1.33 bits per heavy atom. The summed E-state index contributed by atoms with van der Waals surface area (Å²) in [5, 5.41) is 3.39. The van der Waals surface area contributed by atoms with E-state index in [1.54, 1.807) is 0 Å². The van der Waals surface area contributed by atoms with Crippen LogP contribution in [0.4, 0.5) is 0 Å². The lowest BCUT2D eigenvalue weighted by atomic mass is 9.82. The third-order valence-corrected chi connectivity index (χ3v) is 6.65. The third kappa shape index (κ3) is 4.59. The van der Waals surface area contributed by atoms with Gasteiger partial charge in [0.05, 0.1) is 0 Å². The van der Waals surface area contributed by atoms with Crippen molar-refractivity contribution in [2.24, 2.45) is 4.99 Å². The van der Waals surface area contributed by atoms with Gasteiger partial charge in [-0.2, -0.15) is 0 Å². The first-order valence-corrected chi connectivity index (χ1v) is 9.98. The molecular formula is C19H31N3OS. The standard InChI is InChI=1S/C19H31N3OS/c1-18(2,3)24(23)14-12-21-17(20-5)22-13-11-19(4,15-22)16-9-7-6-8-10-16/h6-10H,11-15H2,1-5H3,(H,20,21). The Bertz CT molecular complexity index is 594. The van der Waals surface area contributed by atoms with Gasteiger partial charge in [0.25, 0.3) is 0 Å². The topological polar surface area (TPSA) is 44.7 Å². The van der Waals surface area contributed by atoms with Crippen molar-refractivity contribution in [3.8, 4) is 0 Å². The van der Waals surface area contributed by atoms with Crippen LogP contribution in [0.25, 0.3) is 0 Å². The molecule has 1 heterocycles. The molecule has 0 aliphatic carbocycles. The molecular weight excluding hydrogens is 318 g/mol. The fourth-order valence-electron chi connectivity index (χ4n) is 3.11. The van der Waals surface area contributed by atoms with Crippen molar-refractivity contribution in [2.75, 3.05) is 32.4 Å². The second-order valence-corrected chi connectivity index (χ2v) is 10.1. The van der Waals surface area contributed by atoms with Crippen LogP contribution in [-0.2, 0) is 16.2 Å².